The summed E-state index contributed by atoms with van der Waals surface area (Å²) >= 11 is 0. The van der Waals surface area contributed by atoms with Crippen LogP contribution >= 0.6 is 0 Å². The van der Waals surface area contributed by atoms with Crippen molar-refractivity contribution in [2.45, 2.75) is 6.10 Å². The van der Waals surface area contributed by atoms with E-state index in [0.717, 1.165) is 6.29 Å². The summed E-state index contributed by atoms with van der Waals surface area (Å²) < 4.78 is 5.45. The number of carbonyl (C=O) groups excluding carboxylic acids is 1. The van der Waals surface area contributed by atoms with Gasteiger partial charge in [-0.25, -0.2) is 4.79 Å². The first-order chi connectivity index (χ1) is 9.20. The Labute approximate surface area is 110 Å². The standard InChI is InChI=1S/C15H12O4/c16-10-11-6-8-13(9-7-11)19-14(15(17)18)12-4-2-1-3-5-12/h1-10,14H,(H,17,18)/t14-/m0/s1. The van der Waals surface area contributed by atoms with Crippen LogP contribution in [0.1, 0.15) is 22.0 Å². The lowest BCUT2D eigenvalue weighted by atomic mass is 10.1. The van der Waals surface area contributed by atoms with Gasteiger partial charge in [-0.2, -0.15) is 0 Å². The highest BCUT2D eigenvalue weighted by Crippen LogP contribution is 2.22. The van der Waals surface area contributed by atoms with E-state index in [0.29, 0.717) is 16.9 Å². The Morgan fingerprint density at radius 1 is 1.05 bits per heavy atom. The summed E-state index contributed by atoms with van der Waals surface area (Å²) in [6.07, 6.45) is -0.348. The summed E-state index contributed by atoms with van der Waals surface area (Å²) in [6, 6.07) is 15.0. The zero-order valence-electron chi connectivity index (χ0n) is 10.0. The van der Waals surface area contributed by atoms with Gasteiger partial charge >= 0.3 is 5.97 Å². The Kier molecular flexibility index (Phi) is 3.93. The fourth-order valence-corrected chi connectivity index (χ4v) is 1.65. The number of rotatable bonds is 5. The Hall–Kier alpha value is -2.62. The van der Waals surface area contributed by atoms with Gasteiger partial charge in [0.1, 0.15) is 12.0 Å². The third-order valence-corrected chi connectivity index (χ3v) is 2.60. The number of aldehydes is 1. The van der Waals surface area contributed by atoms with E-state index in [1.54, 1.807) is 54.6 Å². The lowest BCUT2D eigenvalue weighted by molar-refractivity contribution is -0.145. The average Bonchev–Trinajstić information content (AvgIpc) is 2.46. The molecule has 0 amide bonds. The SMILES string of the molecule is O=Cc1ccc(O[C@H](C(=O)O)c2ccccc2)cc1. The second-order valence-corrected chi connectivity index (χ2v) is 3.93. The second-order valence-electron chi connectivity index (χ2n) is 3.93. The minimum Gasteiger partial charge on any atom is -0.478 e. The molecular formula is C15H12O4. The van der Waals surface area contributed by atoms with Gasteiger partial charge in [0, 0.05) is 11.1 Å². The molecule has 0 unspecified atom stereocenters. The minimum absolute atomic E-state index is 0.404. The molecule has 2 rings (SSSR count). The molecule has 4 nitrogen and oxygen atoms in total. The molecular weight excluding hydrogens is 244 g/mol. The molecule has 4 heteroatoms. The third-order valence-electron chi connectivity index (χ3n) is 2.60. The molecule has 0 heterocycles. The highest BCUT2D eigenvalue weighted by molar-refractivity contribution is 5.76. The maximum absolute atomic E-state index is 11.2. The van der Waals surface area contributed by atoms with Gasteiger partial charge in [0.2, 0.25) is 6.10 Å². The zero-order valence-corrected chi connectivity index (χ0v) is 10.0. The lowest BCUT2D eigenvalue weighted by Gasteiger charge is -2.15. The Bertz CT molecular complexity index is 560. The van der Waals surface area contributed by atoms with Gasteiger partial charge in [-0.05, 0) is 24.3 Å². The summed E-state index contributed by atoms with van der Waals surface area (Å²) in [7, 11) is 0. The van der Waals surface area contributed by atoms with Crippen molar-refractivity contribution in [1.82, 2.24) is 0 Å². The van der Waals surface area contributed by atoms with E-state index < -0.39 is 12.1 Å². The predicted octanol–water partition coefficient (Wildman–Crippen LogP) is 2.70. The van der Waals surface area contributed by atoms with Crippen LogP contribution in [0.5, 0.6) is 5.75 Å². The average molecular weight is 256 g/mol. The molecule has 19 heavy (non-hydrogen) atoms. The normalized spacial score (nSPS) is 11.6. The first-order valence-corrected chi connectivity index (χ1v) is 5.70. The molecule has 0 aliphatic rings. The van der Waals surface area contributed by atoms with Gasteiger partial charge in [0.15, 0.2) is 0 Å². The highest BCUT2D eigenvalue weighted by atomic mass is 16.5. The molecule has 0 spiro atoms. The molecule has 0 aromatic heterocycles. The van der Waals surface area contributed by atoms with Crippen LogP contribution in [0.25, 0.3) is 0 Å². The van der Waals surface area contributed by atoms with Crippen molar-refractivity contribution in [3.63, 3.8) is 0 Å². The van der Waals surface area contributed by atoms with Crippen LogP contribution in [-0.2, 0) is 4.79 Å². The van der Waals surface area contributed by atoms with Crippen molar-refractivity contribution in [2.24, 2.45) is 0 Å². The van der Waals surface area contributed by atoms with Crippen molar-refractivity contribution >= 4 is 12.3 Å². The fraction of sp³-hybridized carbons (Fsp3) is 0.0667. The number of carboxylic acid groups (broad SMARTS) is 1. The molecule has 1 atom stereocenters. The summed E-state index contributed by atoms with van der Waals surface area (Å²) in [5.74, 6) is -0.660. The minimum atomic E-state index is -1.07. The number of aliphatic carboxylic acids is 1. The summed E-state index contributed by atoms with van der Waals surface area (Å²) in [6.45, 7) is 0. The number of carboxylic acids is 1. The van der Waals surface area contributed by atoms with Gasteiger partial charge in [-0.3, -0.25) is 4.79 Å². The Balaban J connectivity index is 2.21. The van der Waals surface area contributed by atoms with Crippen LogP contribution in [0.15, 0.2) is 54.6 Å². The van der Waals surface area contributed by atoms with Crippen molar-refractivity contribution in [3.8, 4) is 5.75 Å². The van der Waals surface area contributed by atoms with Gasteiger partial charge in [0.05, 0.1) is 0 Å². The van der Waals surface area contributed by atoms with Gasteiger partial charge in [-0.1, -0.05) is 30.3 Å². The van der Waals surface area contributed by atoms with E-state index in [9.17, 15) is 14.7 Å². The summed E-state index contributed by atoms with van der Waals surface area (Å²) in [5, 5.41) is 9.21. The maximum atomic E-state index is 11.2. The fourth-order valence-electron chi connectivity index (χ4n) is 1.65. The van der Waals surface area contributed by atoms with Crippen LogP contribution in [-0.4, -0.2) is 17.4 Å². The third kappa shape index (κ3) is 3.19. The van der Waals surface area contributed by atoms with Crippen molar-refractivity contribution in [3.05, 3.63) is 65.7 Å². The zero-order chi connectivity index (χ0) is 13.7. The van der Waals surface area contributed by atoms with Crippen LogP contribution in [0, 0.1) is 0 Å². The molecule has 0 saturated heterocycles. The van der Waals surface area contributed by atoms with Crippen LogP contribution in [0.3, 0.4) is 0 Å². The quantitative estimate of drug-likeness (QED) is 0.835. The van der Waals surface area contributed by atoms with Gasteiger partial charge in [0.25, 0.3) is 0 Å². The maximum Gasteiger partial charge on any atom is 0.349 e. The van der Waals surface area contributed by atoms with E-state index >= 15 is 0 Å². The van der Waals surface area contributed by atoms with E-state index in [1.165, 1.54) is 0 Å². The Morgan fingerprint density at radius 2 is 1.68 bits per heavy atom. The lowest BCUT2D eigenvalue weighted by Crippen LogP contribution is -2.18. The molecule has 0 bridgehead atoms. The number of benzene rings is 2. The second kappa shape index (κ2) is 5.82. The van der Waals surface area contributed by atoms with E-state index in [2.05, 4.69) is 0 Å². The Morgan fingerprint density at radius 3 is 2.21 bits per heavy atom. The van der Waals surface area contributed by atoms with Gasteiger partial charge < -0.3 is 9.84 Å². The van der Waals surface area contributed by atoms with E-state index in [1.807, 2.05) is 0 Å². The molecule has 0 fully saturated rings. The van der Waals surface area contributed by atoms with Crippen molar-refractivity contribution in [2.75, 3.05) is 0 Å². The molecule has 0 saturated carbocycles. The van der Waals surface area contributed by atoms with Crippen LogP contribution < -0.4 is 4.74 Å². The molecule has 2 aromatic rings. The van der Waals surface area contributed by atoms with Crippen LogP contribution in [0.4, 0.5) is 0 Å². The number of hydrogen-bond acceptors (Lipinski definition) is 3. The first-order valence-electron chi connectivity index (χ1n) is 5.70. The monoisotopic (exact) mass is 256 g/mol. The predicted molar refractivity (Wildman–Crippen MR) is 69.3 cm³/mol. The van der Waals surface area contributed by atoms with Crippen molar-refractivity contribution < 1.29 is 19.4 Å². The molecule has 2 aromatic carbocycles. The highest BCUT2D eigenvalue weighted by Gasteiger charge is 2.21. The van der Waals surface area contributed by atoms with E-state index in [-0.39, 0.29) is 0 Å². The van der Waals surface area contributed by atoms with Gasteiger partial charge in [-0.15, -0.1) is 0 Å². The first kappa shape index (κ1) is 12.8. The summed E-state index contributed by atoms with van der Waals surface area (Å²) in [5.41, 5.74) is 1.08. The molecule has 0 aliphatic carbocycles. The van der Waals surface area contributed by atoms with Crippen LogP contribution in [0.2, 0.25) is 0 Å². The molecule has 0 aliphatic heterocycles. The molecule has 0 radical (unpaired) electrons. The number of ether oxygens (including phenoxy) is 1. The van der Waals surface area contributed by atoms with Crippen molar-refractivity contribution in [1.29, 1.82) is 0 Å². The molecule has 96 valence electrons. The number of hydrogen-bond donors (Lipinski definition) is 1. The summed E-state index contributed by atoms with van der Waals surface area (Å²) in [4.78, 5) is 21.8. The topological polar surface area (TPSA) is 63.6 Å². The largest absolute Gasteiger partial charge is 0.478 e. The van der Waals surface area contributed by atoms with E-state index in [4.69, 9.17) is 4.74 Å². The number of carbonyl (C=O) groups is 2. The molecule has 1 N–H and O–H groups in total. The smallest absolute Gasteiger partial charge is 0.349 e.